The molecule has 0 aromatic heterocycles. The quantitative estimate of drug-likeness (QED) is 0.750. The lowest BCUT2D eigenvalue weighted by Gasteiger charge is -2.17. The van der Waals surface area contributed by atoms with Gasteiger partial charge in [0.1, 0.15) is 0 Å². The molecule has 0 saturated heterocycles. The Hall–Kier alpha value is -1.31. The highest BCUT2D eigenvalue weighted by Gasteiger charge is 2.14. The highest BCUT2D eigenvalue weighted by molar-refractivity contribution is 5.93. The molecule has 1 heterocycles. The van der Waals surface area contributed by atoms with Gasteiger partial charge in [0.25, 0.3) is 0 Å². The first-order valence-corrected chi connectivity index (χ1v) is 7.05. The number of anilines is 1. The number of carbonyl (C=O) groups excluding carboxylic acids is 1. The predicted octanol–water partition coefficient (Wildman–Crippen LogP) is 4.09. The van der Waals surface area contributed by atoms with Crippen LogP contribution in [-0.2, 0) is 11.2 Å². The highest BCUT2D eigenvalue weighted by Crippen LogP contribution is 2.24. The van der Waals surface area contributed by atoms with E-state index in [0.717, 1.165) is 18.5 Å². The fraction of sp³-hybridized carbons (Fsp3) is 0.500. The molecule has 0 fully saturated rings. The van der Waals surface area contributed by atoms with E-state index in [0.29, 0.717) is 6.42 Å². The summed E-state index contributed by atoms with van der Waals surface area (Å²) in [5.74, 6) is 0.138. The molecule has 1 amide bonds. The number of benzene rings is 1. The third-order valence-electron chi connectivity index (χ3n) is 3.46. The maximum atomic E-state index is 11.3. The van der Waals surface area contributed by atoms with Crippen LogP contribution in [-0.4, -0.2) is 5.91 Å². The molecule has 1 N–H and O–H groups in total. The van der Waals surface area contributed by atoms with E-state index in [-0.39, 0.29) is 5.91 Å². The predicted molar refractivity (Wildman–Crippen MR) is 75.6 cm³/mol. The summed E-state index contributed by atoms with van der Waals surface area (Å²) in [7, 11) is 0. The molecule has 2 nitrogen and oxygen atoms in total. The minimum Gasteiger partial charge on any atom is -0.326 e. The van der Waals surface area contributed by atoms with E-state index in [9.17, 15) is 4.79 Å². The molecule has 0 bridgehead atoms. The summed E-state index contributed by atoms with van der Waals surface area (Å²) >= 11 is 0. The zero-order valence-electron chi connectivity index (χ0n) is 11.2. The maximum absolute atomic E-state index is 11.3. The number of carbonyl (C=O) groups is 1. The van der Waals surface area contributed by atoms with Gasteiger partial charge in [0.05, 0.1) is 0 Å². The van der Waals surface area contributed by atoms with E-state index in [1.54, 1.807) is 0 Å². The number of rotatable bonds is 6. The molecule has 97 valence electrons. The van der Waals surface area contributed by atoms with Crippen molar-refractivity contribution in [3.63, 3.8) is 0 Å². The van der Waals surface area contributed by atoms with Crippen LogP contribution in [0.4, 0.5) is 5.69 Å². The van der Waals surface area contributed by atoms with Gasteiger partial charge in [-0.1, -0.05) is 44.7 Å². The van der Waals surface area contributed by atoms with Crippen molar-refractivity contribution in [1.82, 2.24) is 0 Å². The van der Waals surface area contributed by atoms with Crippen LogP contribution in [0.5, 0.6) is 0 Å². The minimum atomic E-state index is 0.138. The van der Waals surface area contributed by atoms with Crippen LogP contribution >= 0.6 is 0 Å². The number of hydrogen-bond acceptors (Lipinski definition) is 1. The molecule has 1 aromatic carbocycles. The summed E-state index contributed by atoms with van der Waals surface area (Å²) in [4.78, 5) is 11.3. The van der Waals surface area contributed by atoms with Gasteiger partial charge in [0.2, 0.25) is 5.91 Å². The van der Waals surface area contributed by atoms with Crippen molar-refractivity contribution in [2.45, 2.75) is 51.9 Å². The smallest absolute Gasteiger partial charge is 0.224 e. The minimum absolute atomic E-state index is 0.138. The van der Waals surface area contributed by atoms with Crippen LogP contribution in [0.2, 0.25) is 0 Å². The largest absolute Gasteiger partial charge is 0.326 e. The zero-order chi connectivity index (χ0) is 12.8. The third-order valence-corrected chi connectivity index (χ3v) is 3.46. The summed E-state index contributed by atoms with van der Waals surface area (Å²) in [6.45, 7) is 2.24. The second-order valence-electron chi connectivity index (χ2n) is 5.02. The molecule has 0 atom stereocenters. The van der Waals surface area contributed by atoms with E-state index < -0.39 is 0 Å². The maximum Gasteiger partial charge on any atom is 0.224 e. The third kappa shape index (κ3) is 3.59. The van der Waals surface area contributed by atoms with Gasteiger partial charge < -0.3 is 5.32 Å². The summed E-state index contributed by atoms with van der Waals surface area (Å²) < 4.78 is 0. The Morgan fingerprint density at radius 2 is 2.11 bits per heavy atom. The lowest BCUT2D eigenvalue weighted by atomic mass is 9.98. The first-order valence-electron chi connectivity index (χ1n) is 7.05. The van der Waals surface area contributed by atoms with Crippen molar-refractivity contribution in [2.75, 3.05) is 5.32 Å². The molecular formula is C16H22NO. The number of hydrogen-bond donors (Lipinski definition) is 1. The van der Waals surface area contributed by atoms with Gasteiger partial charge in [-0.3, -0.25) is 4.79 Å². The monoisotopic (exact) mass is 244 g/mol. The Morgan fingerprint density at radius 1 is 1.22 bits per heavy atom. The van der Waals surface area contributed by atoms with E-state index in [4.69, 9.17) is 0 Å². The standard InChI is InChI=1S/C16H22NO/c1-2-3-4-5-6-7-13-8-10-15-14(12-13)9-11-16(18)17-15/h7-8,10,12H,2-6,9,11H2,1H3,(H,17,18). The number of amides is 1. The molecule has 18 heavy (non-hydrogen) atoms. The lowest BCUT2D eigenvalue weighted by molar-refractivity contribution is -0.116. The summed E-state index contributed by atoms with van der Waals surface area (Å²) in [6, 6.07) is 6.35. The van der Waals surface area contributed by atoms with Gasteiger partial charge in [-0.2, -0.15) is 0 Å². The van der Waals surface area contributed by atoms with E-state index >= 15 is 0 Å². The zero-order valence-corrected chi connectivity index (χ0v) is 11.2. The first-order chi connectivity index (χ1) is 8.79. The number of fused-ring (bicyclic) bond motifs is 1. The molecule has 1 aromatic rings. The van der Waals surface area contributed by atoms with E-state index in [2.05, 4.69) is 30.8 Å². The molecule has 1 aliphatic heterocycles. The highest BCUT2D eigenvalue weighted by atomic mass is 16.1. The normalized spacial score (nSPS) is 14.2. The van der Waals surface area contributed by atoms with Crippen molar-refractivity contribution in [3.05, 3.63) is 35.7 Å². The second kappa shape index (κ2) is 6.58. The fourth-order valence-corrected chi connectivity index (χ4v) is 2.37. The summed E-state index contributed by atoms with van der Waals surface area (Å²) in [5.41, 5.74) is 3.56. The Bertz CT molecular complexity index is 412. The molecular weight excluding hydrogens is 222 g/mol. The van der Waals surface area contributed by atoms with Gasteiger partial charge in [-0.25, -0.2) is 0 Å². The van der Waals surface area contributed by atoms with Crippen molar-refractivity contribution >= 4 is 11.6 Å². The van der Waals surface area contributed by atoms with Crippen molar-refractivity contribution < 1.29 is 4.79 Å². The SMILES string of the molecule is CCCCCC[CH]c1ccc2c(c1)CCC(=O)N2. The summed E-state index contributed by atoms with van der Waals surface area (Å²) in [5, 5.41) is 2.92. The number of unbranched alkanes of at least 4 members (excludes halogenated alkanes) is 4. The molecule has 0 unspecified atom stereocenters. The molecule has 1 radical (unpaired) electrons. The molecule has 1 aliphatic rings. The molecule has 0 spiro atoms. The van der Waals surface area contributed by atoms with E-state index in [1.807, 2.05) is 6.07 Å². The van der Waals surface area contributed by atoms with Gasteiger partial charge in [-0.05, 0) is 36.5 Å². The molecule has 2 heteroatoms. The van der Waals surface area contributed by atoms with Gasteiger partial charge in [0, 0.05) is 12.1 Å². The van der Waals surface area contributed by atoms with Crippen molar-refractivity contribution in [3.8, 4) is 0 Å². The van der Waals surface area contributed by atoms with Crippen LogP contribution in [0.25, 0.3) is 0 Å². The Kier molecular flexibility index (Phi) is 4.80. The lowest BCUT2D eigenvalue weighted by Crippen LogP contribution is -2.18. The van der Waals surface area contributed by atoms with Gasteiger partial charge in [0.15, 0.2) is 0 Å². The van der Waals surface area contributed by atoms with Crippen LogP contribution in [0.1, 0.15) is 56.6 Å². The molecule has 0 aliphatic carbocycles. The summed E-state index contributed by atoms with van der Waals surface area (Å²) in [6.07, 6.45) is 10.2. The molecule has 0 saturated carbocycles. The average molecular weight is 244 g/mol. The van der Waals surface area contributed by atoms with Crippen LogP contribution in [0.15, 0.2) is 18.2 Å². The van der Waals surface area contributed by atoms with Crippen molar-refractivity contribution in [1.29, 1.82) is 0 Å². The Labute approximate surface area is 110 Å². The Morgan fingerprint density at radius 3 is 2.94 bits per heavy atom. The Balaban J connectivity index is 1.85. The number of aryl methyl sites for hydroxylation is 1. The second-order valence-corrected chi connectivity index (χ2v) is 5.02. The van der Waals surface area contributed by atoms with Crippen molar-refractivity contribution in [2.24, 2.45) is 0 Å². The number of nitrogens with one attached hydrogen (secondary N) is 1. The molecule has 2 rings (SSSR count). The topological polar surface area (TPSA) is 29.1 Å². The average Bonchev–Trinajstić information content (AvgIpc) is 2.38. The van der Waals surface area contributed by atoms with Gasteiger partial charge in [-0.15, -0.1) is 0 Å². The van der Waals surface area contributed by atoms with Crippen LogP contribution < -0.4 is 5.32 Å². The van der Waals surface area contributed by atoms with E-state index in [1.165, 1.54) is 36.8 Å². The first kappa shape index (κ1) is 13.1. The van der Waals surface area contributed by atoms with Crippen LogP contribution in [0, 0.1) is 6.42 Å². The van der Waals surface area contributed by atoms with Crippen LogP contribution in [0.3, 0.4) is 0 Å². The van der Waals surface area contributed by atoms with Gasteiger partial charge >= 0.3 is 0 Å². The fourth-order valence-electron chi connectivity index (χ4n) is 2.37.